The van der Waals surface area contributed by atoms with Gasteiger partial charge < -0.3 is 10.1 Å². The summed E-state index contributed by atoms with van der Waals surface area (Å²) in [6.07, 6.45) is 3.62. The van der Waals surface area contributed by atoms with Crippen molar-refractivity contribution in [2.45, 2.75) is 42.7 Å². The number of sulfonamides is 1. The van der Waals surface area contributed by atoms with Gasteiger partial charge in [0.2, 0.25) is 10.0 Å². The second-order valence-electron chi connectivity index (χ2n) is 5.25. The molecule has 7 heteroatoms. The molecule has 0 aliphatic heterocycles. The van der Waals surface area contributed by atoms with Crippen molar-refractivity contribution >= 4 is 21.6 Å². The zero-order valence-electron chi connectivity index (χ0n) is 12.2. The fourth-order valence-electron chi connectivity index (χ4n) is 2.65. The first-order valence-electron chi connectivity index (χ1n) is 6.99. The Hall–Kier alpha value is -0.820. The molecule has 2 N–H and O–H groups in total. The van der Waals surface area contributed by atoms with E-state index in [2.05, 4.69) is 10.0 Å². The van der Waals surface area contributed by atoms with Crippen molar-refractivity contribution in [2.75, 3.05) is 14.2 Å². The number of hydrogen-bond donors (Lipinski definition) is 2. The van der Waals surface area contributed by atoms with Crippen LogP contribution in [-0.2, 0) is 10.0 Å². The molecule has 0 spiro atoms. The second kappa shape index (κ2) is 6.96. The van der Waals surface area contributed by atoms with Gasteiger partial charge in [0.25, 0.3) is 0 Å². The van der Waals surface area contributed by atoms with Crippen LogP contribution in [-0.4, -0.2) is 34.7 Å². The molecule has 118 valence electrons. The van der Waals surface area contributed by atoms with Crippen LogP contribution < -0.4 is 14.8 Å². The Morgan fingerprint density at radius 2 is 1.81 bits per heavy atom. The van der Waals surface area contributed by atoms with Crippen molar-refractivity contribution in [3.05, 3.63) is 23.2 Å². The first kappa shape index (κ1) is 16.5. The van der Waals surface area contributed by atoms with Crippen LogP contribution in [0.15, 0.2) is 23.1 Å². The summed E-state index contributed by atoms with van der Waals surface area (Å²) in [7, 11) is -0.226. The Morgan fingerprint density at radius 1 is 1.19 bits per heavy atom. The molecule has 0 saturated heterocycles. The minimum atomic E-state index is -3.60. The molecule has 1 fully saturated rings. The first-order valence-corrected chi connectivity index (χ1v) is 8.85. The summed E-state index contributed by atoms with van der Waals surface area (Å²) in [5.41, 5.74) is 0. The van der Waals surface area contributed by atoms with E-state index >= 15 is 0 Å². The number of hydrogen-bond acceptors (Lipinski definition) is 4. The summed E-state index contributed by atoms with van der Waals surface area (Å²) < 4.78 is 32.9. The van der Waals surface area contributed by atoms with Gasteiger partial charge in [0.1, 0.15) is 10.6 Å². The van der Waals surface area contributed by atoms with Crippen molar-refractivity contribution in [3.63, 3.8) is 0 Å². The van der Waals surface area contributed by atoms with Crippen LogP contribution in [0.4, 0.5) is 0 Å². The van der Waals surface area contributed by atoms with Crippen LogP contribution in [0.5, 0.6) is 5.75 Å². The maximum Gasteiger partial charge on any atom is 0.244 e. The maximum atomic E-state index is 12.5. The van der Waals surface area contributed by atoms with Gasteiger partial charge in [0.15, 0.2) is 0 Å². The van der Waals surface area contributed by atoms with Gasteiger partial charge in [-0.15, -0.1) is 0 Å². The number of nitrogens with one attached hydrogen (secondary N) is 2. The van der Waals surface area contributed by atoms with Gasteiger partial charge in [0, 0.05) is 23.2 Å². The lowest BCUT2D eigenvalue weighted by molar-refractivity contribution is 0.342. The summed E-state index contributed by atoms with van der Waals surface area (Å²) in [5, 5.41) is 3.68. The van der Waals surface area contributed by atoms with Crippen molar-refractivity contribution in [1.82, 2.24) is 10.0 Å². The highest BCUT2D eigenvalue weighted by Gasteiger charge is 2.27. The lowest BCUT2D eigenvalue weighted by atomic mass is 9.92. The molecule has 1 aromatic rings. The number of methoxy groups -OCH3 is 1. The standard InChI is InChI=1S/C14H21ClN2O3S/c1-16-11-4-6-12(7-5-11)17-21(18,19)14-8-3-10(15)9-13(14)20-2/h3,8-9,11-12,16-17H,4-7H2,1-2H3. The monoisotopic (exact) mass is 332 g/mol. The third kappa shape index (κ3) is 4.10. The normalized spacial score (nSPS) is 23.0. The molecule has 0 unspecified atom stereocenters. The Morgan fingerprint density at radius 3 is 2.38 bits per heavy atom. The predicted molar refractivity (Wildman–Crippen MR) is 83.4 cm³/mol. The number of halogens is 1. The SMILES string of the molecule is CNC1CCC(NS(=O)(=O)c2ccc(Cl)cc2OC)CC1. The molecule has 0 aromatic heterocycles. The molecule has 0 amide bonds. The minimum absolute atomic E-state index is 0.0278. The van der Waals surface area contributed by atoms with Crippen molar-refractivity contribution in [1.29, 1.82) is 0 Å². The van der Waals surface area contributed by atoms with Crippen LogP contribution in [0.1, 0.15) is 25.7 Å². The third-order valence-electron chi connectivity index (χ3n) is 3.87. The largest absolute Gasteiger partial charge is 0.495 e. The van der Waals surface area contributed by atoms with Gasteiger partial charge in [-0.2, -0.15) is 0 Å². The molecule has 0 atom stereocenters. The number of rotatable bonds is 5. The lowest BCUT2D eigenvalue weighted by Gasteiger charge is -2.28. The van der Waals surface area contributed by atoms with Crippen LogP contribution in [0, 0.1) is 0 Å². The van der Waals surface area contributed by atoms with E-state index in [1.165, 1.54) is 19.2 Å². The highest BCUT2D eigenvalue weighted by Crippen LogP contribution is 2.28. The molecule has 1 aliphatic rings. The first-order chi connectivity index (χ1) is 9.96. The predicted octanol–water partition coefficient (Wildman–Crippen LogP) is 2.16. The van der Waals surface area contributed by atoms with E-state index in [1.54, 1.807) is 6.07 Å². The zero-order chi connectivity index (χ0) is 15.5. The fraction of sp³-hybridized carbons (Fsp3) is 0.571. The smallest absolute Gasteiger partial charge is 0.244 e. The highest BCUT2D eigenvalue weighted by atomic mass is 35.5. The highest BCUT2D eigenvalue weighted by molar-refractivity contribution is 7.89. The summed E-state index contributed by atoms with van der Waals surface area (Å²) in [4.78, 5) is 0.130. The molecule has 0 heterocycles. The molecule has 1 aliphatic carbocycles. The lowest BCUT2D eigenvalue weighted by Crippen LogP contribution is -2.41. The fourth-order valence-corrected chi connectivity index (χ4v) is 4.26. The van der Waals surface area contributed by atoms with E-state index in [4.69, 9.17) is 16.3 Å². The average Bonchev–Trinajstić information content (AvgIpc) is 2.47. The average molecular weight is 333 g/mol. The van der Waals surface area contributed by atoms with Gasteiger partial charge in [-0.25, -0.2) is 13.1 Å². The summed E-state index contributed by atoms with van der Waals surface area (Å²) in [6, 6.07) is 4.99. The summed E-state index contributed by atoms with van der Waals surface area (Å²) in [6.45, 7) is 0. The molecule has 21 heavy (non-hydrogen) atoms. The van der Waals surface area contributed by atoms with E-state index < -0.39 is 10.0 Å². The Kier molecular flexibility index (Phi) is 5.48. The summed E-state index contributed by atoms with van der Waals surface area (Å²) >= 11 is 5.87. The molecule has 1 saturated carbocycles. The van der Waals surface area contributed by atoms with Crippen molar-refractivity contribution < 1.29 is 13.2 Å². The minimum Gasteiger partial charge on any atom is -0.495 e. The Balaban J connectivity index is 2.12. The topological polar surface area (TPSA) is 67.4 Å². The van der Waals surface area contributed by atoms with Crippen LogP contribution in [0.25, 0.3) is 0 Å². The third-order valence-corrected chi connectivity index (χ3v) is 5.67. The van der Waals surface area contributed by atoms with Crippen LogP contribution in [0.3, 0.4) is 0 Å². The van der Waals surface area contributed by atoms with Crippen molar-refractivity contribution in [3.8, 4) is 5.75 Å². The van der Waals surface area contributed by atoms with E-state index in [1.807, 2.05) is 7.05 Å². The van der Waals surface area contributed by atoms with Gasteiger partial charge in [-0.3, -0.25) is 0 Å². The van der Waals surface area contributed by atoms with Crippen LogP contribution in [0.2, 0.25) is 5.02 Å². The maximum absolute atomic E-state index is 12.5. The van der Waals surface area contributed by atoms with Crippen LogP contribution >= 0.6 is 11.6 Å². The van der Waals surface area contributed by atoms with E-state index in [-0.39, 0.29) is 16.7 Å². The molecule has 0 bridgehead atoms. The quantitative estimate of drug-likeness (QED) is 0.867. The molecule has 2 rings (SSSR count). The van der Waals surface area contributed by atoms with Crippen molar-refractivity contribution in [2.24, 2.45) is 0 Å². The Labute approximate surface area is 131 Å². The number of ether oxygens (including phenoxy) is 1. The second-order valence-corrected chi connectivity index (χ2v) is 7.37. The van der Waals surface area contributed by atoms with E-state index in [0.29, 0.717) is 11.1 Å². The van der Waals surface area contributed by atoms with Gasteiger partial charge in [0.05, 0.1) is 7.11 Å². The molecule has 5 nitrogen and oxygen atoms in total. The molecule has 1 aromatic carbocycles. The molecular weight excluding hydrogens is 312 g/mol. The van der Waals surface area contributed by atoms with Gasteiger partial charge in [-0.05, 0) is 44.9 Å². The number of benzene rings is 1. The van der Waals surface area contributed by atoms with Gasteiger partial charge >= 0.3 is 0 Å². The Bertz CT molecular complexity index is 584. The van der Waals surface area contributed by atoms with E-state index in [0.717, 1.165) is 25.7 Å². The molecular formula is C14H21ClN2O3S. The van der Waals surface area contributed by atoms with E-state index in [9.17, 15) is 8.42 Å². The van der Waals surface area contributed by atoms with Gasteiger partial charge in [-0.1, -0.05) is 11.6 Å². The zero-order valence-corrected chi connectivity index (χ0v) is 13.8. The molecule has 0 radical (unpaired) electrons. The summed E-state index contributed by atoms with van der Waals surface area (Å²) in [5.74, 6) is 0.263.